The van der Waals surface area contributed by atoms with Gasteiger partial charge in [-0.2, -0.15) is 0 Å². The van der Waals surface area contributed by atoms with Crippen LogP contribution >= 0.6 is 0 Å². The molecular weight excluding hydrogens is 106 g/mol. The van der Waals surface area contributed by atoms with E-state index in [-0.39, 0.29) is 6.10 Å². The van der Waals surface area contributed by atoms with Crippen LogP contribution in [0.5, 0.6) is 0 Å². The number of rotatable bonds is 0. The van der Waals surface area contributed by atoms with E-state index in [1.807, 2.05) is 0 Å². The number of aliphatic hydroxyl groups excluding tert-OH is 1. The van der Waals surface area contributed by atoms with Crippen LogP contribution < -0.4 is 11.2 Å². The third kappa shape index (κ3) is 1.41. The molecule has 8 heavy (non-hydrogen) atoms. The number of nitrogens with one attached hydrogen (secondary N) is 1. The summed E-state index contributed by atoms with van der Waals surface area (Å²) in [6.07, 6.45) is -0.297. The van der Waals surface area contributed by atoms with Gasteiger partial charge in [-0.3, -0.25) is 5.84 Å². The van der Waals surface area contributed by atoms with Gasteiger partial charge in [0.15, 0.2) is 0 Å². The van der Waals surface area contributed by atoms with Crippen LogP contribution in [0.1, 0.15) is 0 Å². The predicted octanol–water partition coefficient (Wildman–Crippen LogP) is -1.92. The lowest BCUT2D eigenvalue weighted by atomic mass is 10.3. The van der Waals surface area contributed by atoms with Crippen LogP contribution in [0.15, 0.2) is 0 Å². The van der Waals surface area contributed by atoms with Crippen molar-refractivity contribution in [3.63, 3.8) is 0 Å². The number of hydrogen-bond acceptors (Lipinski definition) is 4. The average molecular weight is 117 g/mol. The Morgan fingerprint density at radius 2 is 2.50 bits per heavy atom. The lowest BCUT2D eigenvalue weighted by molar-refractivity contribution is 0.0713. The Morgan fingerprint density at radius 3 is 2.88 bits per heavy atom. The second kappa shape index (κ2) is 2.41. The normalized spacial score (nSPS) is 33.0. The van der Waals surface area contributed by atoms with Gasteiger partial charge in [0.1, 0.15) is 0 Å². The first kappa shape index (κ1) is 5.97. The highest BCUT2D eigenvalue weighted by Gasteiger charge is 2.12. The molecule has 4 heteroatoms. The summed E-state index contributed by atoms with van der Waals surface area (Å²) in [5.74, 6) is 5.34. The van der Waals surface area contributed by atoms with E-state index in [4.69, 9.17) is 10.9 Å². The number of β-amino-alcohol motifs (C(OH)–C–C–N with tert-alkyl or cyclic N) is 1. The zero-order valence-electron chi connectivity index (χ0n) is 4.67. The molecule has 0 amide bonds. The van der Waals surface area contributed by atoms with Crippen LogP contribution in [0.3, 0.4) is 0 Å². The van der Waals surface area contributed by atoms with Crippen molar-refractivity contribution in [3.8, 4) is 0 Å². The first-order valence-corrected chi connectivity index (χ1v) is 2.67. The number of hydrazine groups is 1. The van der Waals surface area contributed by atoms with E-state index < -0.39 is 0 Å². The van der Waals surface area contributed by atoms with Gasteiger partial charge in [-0.25, -0.2) is 5.01 Å². The summed E-state index contributed by atoms with van der Waals surface area (Å²) in [6, 6.07) is 0. The van der Waals surface area contributed by atoms with Gasteiger partial charge in [0.05, 0.1) is 12.8 Å². The molecule has 0 aliphatic carbocycles. The minimum atomic E-state index is -0.297. The summed E-state index contributed by atoms with van der Waals surface area (Å²) in [7, 11) is 0. The summed E-state index contributed by atoms with van der Waals surface area (Å²) < 4.78 is 0. The van der Waals surface area contributed by atoms with Crippen molar-refractivity contribution < 1.29 is 5.11 Å². The fourth-order valence-corrected chi connectivity index (χ4v) is 0.775. The first-order valence-electron chi connectivity index (χ1n) is 2.67. The maximum atomic E-state index is 8.90. The number of hydrogen-bond donors (Lipinski definition) is 3. The maximum absolute atomic E-state index is 8.90. The number of nitrogens with two attached hydrogens (primary N) is 1. The van der Waals surface area contributed by atoms with Gasteiger partial charge >= 0.3 is 0 Å². The van der Waals surface area contributed by atoms with Gasteiger partial charge in [0.2, 0.25) is 0 Å². The molecule has 1 fully saturated rings. The quantitative estimate of drug-likeness (QED) is 0.324. The molecule has 0 aromatic heterocycles. The Bertz CT molecular complexity index is 69.7. The molecule has 0 saturated carbocycles. The molecule has 1 atom stereocenters. The minimum Gasteiger partial charge on any atom is -0.390 e. The molecule has 1 aliphatic rings. The lowest BCUT2D eigenvalue weighted by Crippen LogP contribution is -2.52. The SMILES string of the molecule is NN1CNCC(O)C1. The van der Waals surface area contributed by atoms with Crippen LogP contribution in [0, 0.1) is 0 Å². The van der Waals surface area contributed by atoms with Gasteiger partial charge in [-0.15, -0.1) is 0 Å². The Labute approximate surface area is 48.2 Å². The maximum Gasteiger partial charge on any atom is 0.0806 e. The van der Waals surface area contributed by atoms with Crippen LogP contribution in [0.2, 0.25) is 0 Å². The summed E-state index contributed by atoms with van der Waals surface area (Å²) >= 11 is 0. The van der Waals surface area contributed by atoms with E-state index in [9.17, 15) is 0 Å². The summed E-state index contributed by atoms with van der Waals surface area (Å²) in [5.41, 5.74) is 0. The smallest absolute Gasteiger partial charge is 0.0806 e. The Hall–Kier alpha value is -0.160. The molecule has 1 heterocycles. The highest BCUT2D eigenvalue weighted by molar-refractivity contribution is 4.67. The standard InChI is InChI=1S/C4H11N3O/c5-7-2-4(8)1-6-3-7/h4,6,8H,1-3,5H2. The largest absolute Gasteiger partial charge is 0.390 e. The molecular formula is C4H11N3O. The Balaban J connectivity index is 2.23. The molecule has 0 aromatic rings. The van der Waals surface area contributed by atoms with Crippen molar-refractivity contribution >= 4 is 0 Å². The average Bonchev–Trinajstić information content (AvgIpc) is 1.64. The summed E-state index contributed by atoms with van der Waals surface area (Å²) in [5, 5.41) is 13.4. The predicted molar refractivity (Wildman–Crippen MR) is 29.8 cm³/mol. The molecule has 1 unspecified atom stereocenters. The molecule has 4 N–H and O–H groups in total. The minimum absolute atomic E-state index is 0.297. The van der Waals surface area contributed by atoms with E-state index in [0.29, 0.717) is 19.8 Å². The van der Waals surface area contributed by atoms with Gasteiger partial charge < -0.3 is 10.4 Å². The highest BCUT2D eigenvalue weighted by Crippen LogP contribution is 1.88. The van der Waals surface area contributed by atoms with Crippen LogP contribution in [0.25, 0.3) is 0 Å². The second-order valence-electron chi connectivity index (χ2n) is 2.04. The Morgan fingerprint density at radius 1 is 1.75 bits per heavy atom. The highest BCUT2D eigenvalue weighted by atomic mass is 16.3. The Kier molecular flexibility index (Phi) is 1.80. The van der Waals surface area contributed by atoms with Crippen molar-refractivity contribution in [2.45, 2.75) is 6.10 Å². The van der Waals surface area contributed by atoms with Gasteiger partial charge in [-0.05, 0) is 0 Å². The molecule has 1 rings (SSSR count). The van der Waals surface area contributed by atoms with Crippen molar-refractivity contribution in [1.82, 2.24) is 10.3 Å². The van der Waals surface area contributed by atoms with Gasteiger partial charge in [0, 0.05) is 13.1 Å². The third-order valence-corrected chi connectivity index (χ3v) is 1.14. The zero-order chi connectivity index (χ0) is 5.98. The van der Waals surface area contributed by atoms with Gasteiger partial charge in [0.25, 0.3) is 0 Å². The monoisotopic (exact) mass is 117 g/mol. The van der Waals surface area contributed by atoms with Crippen molar-refractivity contribution in [2.24, 2.45) is 5.84 Å². The van der Waals surface area contributed by atoms with Crippen molar-refractivity contribution in [2.75, 3.05) is 19.8 Å². The molecule has 0 radical (unpaired) electrons. The van der Waals surface area contributed by atoms with E-state index in [1.54, 1.807) is 5.01 Å². The first-order chi connectivity index (χ1) is 3.79. The lowest BCUT2D eigenvalue weighted by Gasteiger charge is -2.26. The van der Waals surface area contributed by atoms with E-state index in [1.165, 1.54) is 0 Å². The number of aliphatic hydroxyl groups is 1. The molecule has 0 spiro atoms. The molecule has 0 aromatic carbocycles. The van der Waals surface area contributed by atoms with Crippen molar-refractivity contribution in [1.29, 1.82) is 0 Å². The molecule has 4 nitrogen and oxygen atoms in total. The summed E-state index contributed by atoms with van der Waals surface area (Å²) in [6.45, 7) is 1.91. The van der Waals surface area contributed by atoms with Gasteiger partial charge in [-0.1, -0.05) is 0 Å². The molecule has 1 saturated heterocycles. The zero-order valence-corrected chi connectivity index (χ0v) is 4.67. The van der Waals surface area contributed by atoms with E-state index >= 15 is 0 Å². The number of nitrogens with zero attached hydrogens (tertiary/aromatic N) is 1. The third-order valence-electron chi connectivity index (χ3n) is 1.14. The topological polar surface area (TPSA) is 61.5 Å². The fraction of sp³-hybridized carbons (Fsp3) is 1.00. The van der Waals surface area contributed by atoms with Crippen LogP contribution in [0.4, 0.5) is 0 Å². The van der Waals surface area contributed by atoms with Crippen LogP contribution in [-0.4, -0.2) is 36.0 Å². The van der Waals surface area contributed by atoms with E-state index in [0.717, 1.165) is 0 Å². The van der Waals surface area contributed by atoms with Crippen LogP contribution in [-0.2, 0) is 0 Å². The molecule has 48 valence electrons. The van der Waals surface area contributed by atoms with Crippen molar-refractivity contribution in [3.05, 3.63) is 0 Å². The van der Waals surface area contributed by atoms with E-state index in [2.05, 4.69) is 5.32 Å². The summed E-state index contributed by atoms with van der Waals surface area (Å²) in [4.78, 5) is 0. The molecule has 1 aliphatic heterocycles. The fourth-order valence-electron chi connectivity index (χ4n) is 0.775. The second-order valence-corrected chi connectivity index (χ2v) is 2.04. The molecule has 0 bridgehead atoms.